The molecule has 2 aromatic carbocycles. The lowest BCUT2D eigenvalue weighted by Crippen LogP contribution is -2.41. The van der Waals surface area contributed by atoms with Gasteiger partial charge >= 0.3 is 11.3 Å². The third-order valence-corrected chi connectivity index (χ3v) is 6.25. The Labute approximate surface area is 195 Å². The Morgan fingerprint density at radius 2 is 1.53 bits per heavy atom. The second-order valence-electron chi connectivity index (χ2n) is 9.46. The molecule has 0 radical (unpaired) electrons. The summed E-state index contributed by atoms with van der Waals surface area (Å²) < 4.78 is 7.58. The third-order valence-electron chi connectivity index (χ3n) is 6.25. The molecule has 3 N–H and O–H groups in total. The Morgan fingerprint density at radius 1 is 0.912 bits per heavy atom. The second kappa shape index (κ2) is 8.06. The van der Waals surface area contributed by atoms with Gasteiger partial charge in [0.15, 0.2) is 0 Å². The molecule has 0 saturated heterocycles. The van der Waals surface area contributed by atoms with Crippen LogP contribution in [0.1, 0.15) is 48.9 Å². The molecule has 0 spiro atoms. The van der Waals surface area contributed by atoms with Crippen molar-refractivity contribution < 1.29 is 9.52 Å². The van der Waals surface area contributed by atoms with Gasteiger partial charge in [-0.1, -0.05) is 57.2 Å². The van der Waals surface area contributed by atoms with Crippen LogP contribution in [-0.2, 0) is 19.5 Å². The molecule has 0 aliphatic carbocycles. The summed E-state index contributed by atoms with van der Waals surface area (Å²) in [4.78, 5) is 38.9. The van der Waals surface area contributed by atoms with E-state index in [1.807, 2.05) is 12.1 Å². The van der Waals surface area contributed by atoms with Crippen molar-refractivity contribution in [3.63, 3.8) is 0 Å². The van der Waals surface area contributed by atoms with Gasteiger partial charge in [0.05, 0.1) is 22.4 Å². The summed E-state index contributed by atoms with van der Waals surface area (Å²) in [6.45, 7) is 6.22. The monoisotopic (exact) mass is 461 g/mol. The van der Waals surface area contributed by atoms with Gasteiger partial charge < -0.3 is 15.3 Å². The lowest BCUT2D eigenvalue weighted by molar-refractivity contribution is 0.454. The fraction of sp³-hybridized carbons (Fsp3) is 0.269. The number of hydrogen-bond acceptors (Lipinski definition) is 6. The molecular weight excluding hydrogens is 434 g/mol. The van der Waals surface area contributed by atoms with Crippen LogP contribution >= 0.6 is 0 Å². The summed E-state index contributed by atoms with van der Waals surface area (Å²) in [6, 6.07) is 14.0. The maximum atomic E-state index is 13.3. The second-order valence-corrected chi connectivity index (χ2v) is 9.46. The fourth-order valence-electron chi connectivity index (χ4n) is 4.21. The highest BCUT2D eigenvalue weighted by Crippen LogP contribution is 2.39. The third kappa shape index (κ3) is 3.61. The van der Waals surface area contributed by atoms with E-state index in [2.05, 4.69) is 20.8 Å². The van der Waals surface area contributed by atoms with E-state index in [1.54, 1.807) is 36.4 Å². The van der Waals surface area contributed by atoms with Gasteiger partial charge in [-0.3, -0.25) is 13.9 Å². The summed E-state index contributed by atoms with van der Waals surface area (Å²) in [5.41, 5.74) is 5.81. The van der Waals surface area contributed by atoms with Gasteiger partial charge in [-0.25, -0.2) is 9.59 Å². The zero-order valence-corrected chi connectivity index (χ0v) is 19.7. The van der Waals surface area contributed by atoms with E-state index in [0.717, 1.165) is 14.7 Å². The van der Waals surface area contributed by atoms with Crippen LogP contribution in [0, 0.1) is 0 Å². The molecule has 0 aliphatic rings. The predicted molar refractivity (Wildman–Crippen MR) is 132 cm³/mol. The zero-order chi connectivity index (χ0) is 24.9. The number of rotatable bonds is 3. The normalized spacial score (nSPS) is 12.7. The topological polar surface area (TPSA) is 120 Å². The van der Waals surface area contributed by atoms with Crippen molar-refractivity contribution in [2.75, 3.05) is 5.73 Å². The molecule has 1 atom stereocenters. The van der Waals surface area contributed by atoms with Crippen LogP contribution in [0.2, 0.25) is 0 Å². The van der Waals surface area contributed by atoms with Gasteiger partial charge in [0.1, 0.15) is 17.2 Å². The molecule has 0 aliphatic heterocycles. The molecule has 4 rings (SSSR count). The number of nitrogens with zero attached hydrogens (tertiary/aromatic N) is 2. The summed E-state index contributed by atoms with van der Waals surface area (Å²) in [5.74, 6) is -1.46. The predicted octanol–water partition coefficient (Wildman–Crippen LogP) is 2.96. The average molecular weight is 462 g/mol. The van der Waals surface area contributed by atoms with Crippen LogP contribution < -0.4 is 22.6 Å². The number of para-hydroxylation sites is 1. The smallest absolute Gasteiger partial charge is 0.344 e. The van der Waals surface area contributed by atoms with E-state index >= 15 is 0 Å². The van der Waals surface area contributed by atoms with E-state index in [4.69, 9.17) is 10.2 Å². The number of aromatic hydroxyl groups is 1. The molecule has 2 heterocycles. The number of benzene rings is 2. The average Bonchev–Trinajstić information content (AvgIpc) is 2.80. The number of aromatic nitrogens is 2. The van der Waals surface area contributed by atoms with E-state index in [1.165, 1.54) is 14.1 Å². The molecule has 0 bridgehead atoms. The van der Waals surface area contributed by atoms with Crippen LogP contribution in [0.5, 0.6) is 5.75 Å². The largest absolute Gasteiger partial charge is 0.507 e. The van der Waals surface area contributed by atoms with E-state index in [-0.39, 0.29) is 33.7 Å². The van der Waals surface area contributed by atoms with Crippen molar-refractivity contribution >= 4 is 16.8 Å². The Hall–Kier alpha value is -4.07. The molecule has 0 fully saturated rings. The summed E-state index contributed by atoms with van der Waals surface area (Å²) in [7, 11) is 2.79. The lowest BCUT2D eigenvalue weighted by atomic mass is 9.82. The maximum Gasteiger partial charge on any atom is 0.344 e. The Kier molecular flexibility index (Phi) is 5.47. The Morgan fingerprint density at radius 3 is 2.15 bits per heavy atom. The van der Waals surface area contributed by atoms with Crippen molar-refractivity contribution in [3.8, 4) is 5.75 Å². The molecule has 8 heteroatoms. The number of anilines is 1. The molecule has 2 aromatic heterocycles. The highest BCUT2D eigenvalue weighted by atomic mass is 16.4. The molecule has 8 nitrogen and oxygen atoms in total. The number of hydrogen-bond donors (Lipinski definition) is 2. The summed E-state index contributed by atoms with van der Waals surface area (Å²) in [6.07, 6.45) is 0. The van der Waals surface area contributed by atoms with Crippen LogP contribution in [0.25, 0.3) is 11.0 Å². The minimum atomic E-state index is -1.07. The maximum absolute atomic E-state index is 13.3. The van der Waals surface area contributed by atoms with Crippen molar-refractivity contribution in [3.05, 3.63) is 102 Å². The van der Waals surface area contributed by atoms with Gasteiger partial charge in [-0.15, -0.1) is 0 Å². The number of nitrogens with two attached hydrogens (primary N) is 1. The van der Waals surface area contributed by atoms with Gasteiger partial charge in [-0.2, -0.15) is 0 Å². The van der Waals surface area contributed by atoms with Crippen molar-refractivity contribution in [2.45, 2.75) is 32.1 Å². The van der Waals surface area contributed by atoms with Crippen LogP contribution in [-0.4, -0.2) is 14.2 Å². The lowest BCUT2D eigenvalue weighted by Gasteiger charge is -2.23. The SMILES string of the molecule is Cn1c(N)c(C(c2ccc(C(C)(C)C)cc2)c2c(O)c3ccccc3oc2=O)c(=O)n(C)c1=O. The van der Waals surface area contributed by atoms with E-state index in [9.17, 15) is 19.5 Å². The van der Waals surface area contributed by atoms with Gasteiger partial charge in [-0.05, 0) is 28.7 Å². The first-order chi connectivity index (χ1) is 15.9. The quantitative estimate of drug-likeness (QED) is 0.453. The first-order valence-electron chi connectivity index (χ1n) is 10.8. The first kappa shape index (κ1) is 23.1. The molecule has 1 unspecified atom stereocenters. The minimum Gasteiger partial charge on any atom is -0.507 e. The highest BCUT2D eigenvalue weighted by Gasteiger charge is 2.32. The summed E-state index contributed by atoms with van der Waals surface area (Å²) in [5, 5.41) is 11.5. The minimum absolute atomic E-state index is 0.00555. The molecule has 34 heavy (non-hydrogen) atoms. The molecule has 4 aromatic rings. The Bertz CT molecular complexity index is 1590. The first-order valence-corrected chi connectivity index (χ1v) is 10.8. The van der Waals surface area contributed by atoms with Crippen LogP contribution in [0.3, 0.4) is 0 Å². The van der Waals surface area contributed by atoms with Crippen molar-refractivity contribution in [1.29, 1.82) is 0 Å². The molecular formula is C26H27N3O5. The summed E-state index contributed by atoms with van der Waals surface area (Å²) >= 11 is 0. The molecule has 0 saturated carbocycles. The Balaban J connectivity index is 2.13. The van der Waals surface area contributed by atoms with Gasteiger partial charge in [0, 0.05) is 14.1 Å². The standard InChI is InChI=1S/C26H27N3O5/c1-26(2,3)15-12-10-14(11-13-15)18(20-22(27)28(4)25(33)29(5)23(20)31)19-21(30)16-8-6-7-9-17(16)34-24(19)32/h6-13,18,30H,27H2,1-5H3. The van der Waals surface area contributed by atoms with Crippen molar-refractivity contribution in [2.24, 2.45) is 14.1 Å². The molecule has 0 amide bonds. The van der Waals surface area contributed by atoms with E-state index < -0.39 is 22.8 Å². The fourth-order valence-corrected chi connectivity index (χ4v) is 4.21. The van der Waals surface area contributed by atoms with Crippen LogP contribution in [0.15, 0.2) is 67.3 Å². The molecule has 176 valence electrons. The number of fused-ring (bicyclic) bond motifs is 1. The van der Waals surface area contributed by atoms with Crippen molar-refractivity contribution in [1.82, 2.24) is 9.13 Å². The van der Waals surface area contributed by atoms with E-state index in [0.29, 0.717) is 10.9 Å². The van der Waals surface area contributed by atoms with Gasteiger partial charge in [0.2, 0.25) is 0 Å². The van der Waals surface area contributed by atoms with Gasteiger partial charge in [0.25, 0.3) is 5.56 Å². The number of nitrogen functional groups attached to an aromatic ring is 1. The van der Waals surface area contributed by atoms with Crippen LogP contribution in [0.4, 0.5) is 5.82 Å². The highest BCUT2D eigenvalue weighted by molar-refractivity contribution is 5.84. The zero-order valence-electron chi connectivity index (χ0n) is 19.7.